The maximum Gasteiger partial charge on any atom is 0.217 e. The maximum absolute atomic E-state index is 11.1. The zero-order chi connectivity index (χ0) is 10.4. The standard InChI is InChI=1S/C12H23NO/c1-3-4-5-8-12(13-11(2)14)9-6-7-10-12/h3-10H2,1-2H3,(H,13,14). The smallest absolute Gasteiger partial charge is 0.217 e. The van der Waals surface area contributed by atoms with Crippen molar-refractivity contribution in [1.82, 2.24) is 5.32 Å². The van der Waals surface area contributed by atoms with Crippen LogP contribution in [0.5, 0.6) is 0 Å². The van der Waals surface area contributed by atoms with E-state index in [0.29, 0.717) is 0 Å². The lowest BCUT2D eigenvalue weighted by molar-refractivity contribution is -0.120. The van der Waals surface area contributed by atoms with Crippen LogP contribution in [0.3, 0.4) is 0 Å². The number of hydrogen-bond acceptors (Lipinski definition) is 1. The molecule has 1 saturated carbocycles. The highest BCUT2D eigenvalue weighted by atomic mass is 16.1. The van der Waals surface area contributed by atoms with E-state index < -0.39 is 0 Å². The molecule has 1 rings (SSSR count). The van der Waals surface area contributed by atoms with Crippen LogP contribution in [-0.2, 0) is 4.79 Å². The molecule has 0 aromatic carbocycles. The number of carbonyl (C=O) groups excluding carboxylic acids is 1. The second-order valence-corrected chi connectivity index (χ2v) is 4.63. The van der Waals surface area contributed by atoms with Gasteiger partial charge in [0.05, 0.1) is 0 Å². The lowest BCUT2D eigenvalue weighted by Crippen LogP contribution is -2.45. The van der Waals surface area contributed by atoms with Crippen molar-refractivity contribution >= 4 is 5.91 Å². The lowest BCUT2D eigenvalue weighted by Gasteiger charge is -2.30. The molecular weight excluding hydrogens is 174 g/mol. The van der Waals surface area contributed by atoms with Crippen LogP contribution in [0.15, 0.2) is 0 Å². The first-order valence-electron chi connectivity index (χ1n) is 5.97. The van der Waals surface area contributed by atoms with Crippen LogP contribution in [0.2, 0.25) is 0 Å². The van der Waals surface area contributed by atoms with Crippen molar-refractivity contribution < 1.29 is 4.79 Å². The molecule has 0 radical (unpaired) electrons. The third kappa shape index (κ3) is 3.32. The van der Waals surface area contributed by atoms with E-state index in [9.17, 15) is 4.79 Å². The first-order valence-corrected chi connectivity index (χ1v) is 5.97. The average molecular weight is 197 g/mol. The number of nitrogens with one attached hydrogen (secondary N) is 1. The van der Waals surface area contributed by atoms with Gasteiger partial charge in [0.2, 0.25) is 5.91 Å². The Morgan fingerprint density at radius 1 is 1.29 bits per heavy atom. The highest BCUT2D eigenvalue weighted by Gasteiger charge is 2.33. The number of amides is 1. The minimum atomic E-state index is 0.142. The SMILES string of the molecule is CCCCCC1(NC(C)=O)CCCC1. The molecule has 0 aromatic rings. The third-order valence-electron chi connectivity index (χ3n) is 3.26. The summed E-state index contributed by atoms with van der Waals surface area (Å²) in [4.78, 5) is 11.1. The van der Waals surface area contributed by atoms with Crippen molar-refractivity contribution in [2.75, 3.05) is 0 Å². The number of hydrogen-bond donors (Lipinski definition) is 1. The number of carbonyl (C=O) groups is 1. The number of rotatable bonds is 5. The van der Waals surface area contributed by atoms with Gasteiger partial charge in [-0.05, 0) is 19.3 Å². The van der Waals surface area contributed by atoms with E-state index in [-0.39, 0.29) is 11.4 Å². The van der Waals surface area contributed by atoms with Crippen molar-refractivity contribution in [1.29, 1.82) is 0 Å². The second kappa shape index (κ2) is 5.38. The van der Waals surface area contributed by atoms with Crippen LogP contribution < -0.4 is 5.32 Å². The normalized spacial score (nSPS) is 19.6. The third-order valence-corrected chi connectivity index (χ3v) is 3.26. The van der Waals surface area contributed by atoms with E-state index in [1.807, 2.05) is 0 Å². The predicted octanol–water partition coefficient (Wildman–Crippen LogP) is 3.02. The highest BCUT2D eigenvalue weighted by Crippen LogP contribution is 2.34. The van der Waals surface area contributed by atoms with E-state index in [1.165, 1.54) is 51.4 Å². The summed E-state index contributed by atoms with van der Waals surface area (Å²) in [6, 6.07) is 0. The molecule has 0 atom stereocenters. The minimum Gasteiger partial charge on any atom is -0.351 e. The monoisotopic (exact) mass is 197 g/mol. The predicted molar refractivity (Wildman–Crippen MR) is 59.2 cm³/mol. The molecule has 82 valence electrons. The molecule has 0 bridgehead atoms. The summed E-state index contributed by atoms with van der Waals surface area (Å²) < 4.78 is 0. The van der Waals surface area contributed by atoms with E-state index in [0.717, 1.165) is 0 Å². The molecule has 1 aliphatic carbocycles. The zero-order valence-electron chi connectivity index (χ0n) is 9.57. The van der Waals surface area contributed by atoms with Crippen molar-refractivity contribution in [3.05, 3.63) is 0 Å². The molecule has 1 aliphatic rings. The molecule has 2 heteroatoms. The average Bonchev–Trinajstić information content (AvgIpc) is 2.53. The molecular formula is C12H23NO. The Morgan fingerprint density at radius 3 is 2.43 bits per heavy atom. The van der Waals surface area contributed by atoms with Crippen LogP contribution in [-0.4, -0.2) is 11.4 Å². The molecule has 0 heterocycles. The lowest BCUT2D eigenvalue weighted by atomic mass is 9.90. The summed E-state index contributed by atoms with van der Waals surface area (Å²) in [5.41, 5.74) is 0.168. The molecule has 1 fully saturated rings. The van der Waals surface area contributed by atoms with Gasteiger partial charge in [0.15, 0.2) is 0 Å². The van der Waals surface area contributed by atoms with Crippen molar-refractivity contribution in [2.24, 2.45) is 0 Å². The number of unbranched alkanes of at least 4 members (excludes halogenated alkanes) is 2. The van der Waals surface area contributed by atoms with Crippen LogP contribution >= 0.6 is 0 Å². The van der Waals surface area contributed by atoms with Gasteiger partial charge in [-0.2, -0.15) is 0 Å². The molecule has 0 aromatic heterocycles. The zero-order valence-corrected chi connectivity index (χ0v) is 9.57. The van der Waals surface area contributed by atoms with E-state index in [2.05, 4.69) is 12.2 Å². The van der Waals surface area contributed by atoms with Gasteiger partial charge in [0.1, 0.15) is 0 Å². The minimum absolute atomic E-state index is 0.142. The van der Waals surface area contributed by atoms with E-state index in [4.69, 9.17) is 0 Å². The summed E-state index contributed by atoms with van der Waals surface area (Å²) in [5, 5.41) is 3.18. The molecule has 0 saturated heterocycles. The van der Waals surface area contributed by atoms with Gasteiger partial charge in [-0.15, -0.1) is 0 Å². The van der Waals surface area contributed by atoms with Crippen LogP contribution in [0.25, 0.3) is 0 Å². The second-order valence-electron chi connectivity index (χ2n) is 4.63. The largest absolute Gasteiger partial charge is 0.351 e. The molecule has 0 unspecified atom stereocenters. The van der Waals surface area contributed by atoms with Crippen molar-refractivity contribution in [2.45, 2.75) is 70.8 Å². The van der Waals surface area contributed by atoms with Gasteiger partial charge < -0.3 is 5.32 Å². The van der Waals surface area contributed by atoms with Gasteiger partial charge in [0.25, 0.3) is 0 Å². The Labute approximate surface area is 87.5 Å². The Hall–Kier alpha value is -0.530. The molecule has 2 nitrogen and oxygen atoms in total. The van der Waals surface area contributed by atoms with Gasteiger partial charge in [-0.1, -0.05) is 39.0 Å². The van der Waals surface area contributed by atoms with E-state index >= 15 is 0 Å². The summed E-state index contributed by atoms with van der Waals surface area (Å²) >= 11 is 0. The first kappa shape index (κ1) is 11.5. The molecule has 1 amide bonds. The van der Waals surface area contributed by atoms with Gasteiger partial charge >= 0.3 is 0 Å². The van der Waals surface area contributed by atoms with Crippen molar-refractivity contribution in [3.63, 3.8) is 0 Å². The van der Waals surface area contributed by atoms with Crippen LogP contribution in [0.4, 0.5) is 0 Å². The molecule has 14 heavy (non-hydrogen) atoms. The van der Waals surface area contributed by atoms with Gasteiger partial charge in [0, 0.05) is 12.5 Å². The summed E-state index contributed by atoms with van der Waals surface area (Å²) in [7, 11) is 0. The Bertz CT molecular complexity index is 183. The molecule has 0 aliphatic heterocycles. The Balaban J connectivity index is 2.40. The fourth-order valence-electron chi connectivity index (χ4n) is 2.58. The van der Waals surface area contributed by atoms with Gasteiger partial charge in [-0.3, -0.25) is 4.79 Å². The van der Waals surface area contributed by atoms with Crippen LogP contribution in [0, 0.1) is 0 Å². The first-order chi connectivity index (χ1) is 6.68. The Morgan fingerprint density at radius 2 is 1.93 bits per heavy atom. The van der Waals surface area contributed by atoms with E-state index in [1.54, 1.807) is 6.92 Å². The summed E-state index contributed by atoms with van der Waals surface area (Å²) in [6.45, 7) is 3.86. The fourth-order valence-corrected chi connectivity index (χ4v) is 2.58. The van der Waals surface area contributed by atoms with Crippen molar-refractivity contribution in [3.8, 4) is 0 Å². The fraction of sp³-hybridized carbons (Fsp3) is 0.917. The highest BCUT2D eigenvalue weighted by molar-refractivity contribution is 5.73. The topological polar surface area (TPSA) is 29.1 Å². The summed E-state index contributed by atoms with van der Waals surface area (Å²) in [5.74, 6) is 0.142. The maximum atomic E-state index is 11.1. The quantitative estimate of drug-likeness (QED) is 0.674. The molecule has 1 N–H and O–H groups in total. The summed E-state index contributed by atoms with van der Waals surface area (Å²) in [6.07, 6.45) is 9.94. The van der Waals surface area contributed by atoms with Crippen LogP contribution in [0.1, 0.15) is 65.2 Å². The molecule has 0 spiro atoms. The Kier molecular flexibility index (Phi) is 4.43. The van der Waals surface area contributed by atoms with Gasteiger partial charge in [-0.25, -0.2) is 0 Å².